The lowest BCUT2D eigenvalue weighted by atomic mass is 9.94. The van der Waals surface area contributed by atoms with Crippen molar-refractivity contribution < 1.29 is 0 Å². The maximum Gasteiger partial charge on any atom is 0.0376 e. The zero-order chi connectivity index (χ0) is 9.86. The van der Waals surface area contributed by atoms with Crippen molar-refractivity contribution in [3.8, 4) is 0 Å². The van der Waals surface area contributed by atoms with Gasteiger partial charge in [-0.25, -0.2) is 0 Å². The number of hydrogen-bond acceptors (Lipinski definition) is 1. The molecule has 1 heterocycles. The minimum atomic E-state index is 0.321. The second-order valence-electron chi connectivity index (χ2n) is 3.88. The molecule has 1 aliphatic rings. The second-order valence-corrected chi connectivity index (χ2v) is 5.39. The normalized spacial score (nSPS) is 26.3. The first-order valence-corrected chi connectivity index (χ1v) is 6.15. The summed E-state index contributed by atoms with van der Waals surface area (Å²) in [4.78, 5) is 0. The van der Waals surface area contributed by atoms with E-state index in [-0.39, 0.29) is 0 Å². The summed E-state index contributed by atoms with van der Waals surface area (Å²) in [5.41, 5.74) is 1.43. The van der Waals surface area contributed by atoms with Crippen molar-refractivity contribution in [1.29, 1.82) is 0 Å². The van der Waals surface area contributed by atoms with Gasteiger partial charge in [0.25, 0.3) is 0 Å². The minimum absolute atomic E-state index is 0.321. The van der Waals surface area contributed by atoms with Gasteiger partial charge in [0.1, 0.15) is 0 Å². The fraction of sp³-hybridized carbons (Fsp3) is 0.385. The summed E-state index contributed by atoms with van der Waals surface area (Å²) < 4.78 is 0.321. The fourth-order valence-corrected chi connectivity index (χ4v) is 3.40. The molecule has 1 aromatic carbocycles. The Balaban J connectivity index is 2.12. The van der Waals surface area contributed by atoms with E-state index in [2.05, 4.69) is 54.7 Å². The summed E-state index contributed by atoms with van der Waals surface area (Å²) in [6.45, 7) is 3.99. The second kappa shape index (κ2) is 4.22. The predicted molar refractivity (Wildman–Crippen MR) is 64.8 cm³/mol. The maximum atomic E-state index is 3.99. The summed E-state index contributed by atoms with van der Waals surface area (Å²) in [7, 11) is 0. The highest BCUT2D eigenvalue weighted by atomic mass is 32.2. The molecule has 14 heavy (non-hydrogen) atoms. The van der Waals surface area contributed by atoms with Gasteiger partial charge in [-0.1, -0.05) is 36.4 Å². The molecule has 1 atom stereocenters. The van der Waals surface area contributed by atoms with Crippen LogP contribution in [0.1, 0.15) is 18.4 Å². The van der Waals surface area contributed by atoms with Gasteiger partial charge in [0, 0.05) is 4.75 Å². The maximum absolute atomic E-state index is 3.99. The zero-order valence-corrected chi connectivity index (χ0v) is 9.22. The third-order valence-electron chi connectivity index (χ3n) is 2.85. The van der Waals surface area contributed by atoms with E-state index < -0.39 is 0 Å². The van der Waals surface area contributed by atoms with Crippen LogP contribution in [0.3, 0.4) is 0 Å². The quantitative estimate of drug-likeness (QED) is 0.677. The van der Waals surface area contributed by atoms with Crippen LogP contribution in [0.25, 0.3) is 0 Å². The Kier molecular flexibility index (Phi) is 2.97. The average Bonchev–Trinajstić information content (AvgIpc) is 2.69. The fourth-order valence-electron chi connectivity index (χ4n) is 2.03. The van der Waals surface area contributed by atoms with E-state index in [0.29, 0.717) is 4.75 Å². The molecule has 0 N–H and O–H groups in total. The lowest BCUT2D eigenvalue weighted by Gasteiger charge is -2.23. The molecule has 0 spiro atoms. The Labute approximate surface area is 90.4 Å². The Morgan fingerprint density at radius 2 is 2.14 bits per heavy atom. The molecule has 74 valence electrons. The van der Waals surface area contributed by atoms with E-state index in [0.717, 1.165) is 6.42 Å². The highest BCUT2D eigenvalue weighted by molar-refractivity contribution is 8.01. The van der Waals surface area contributed by atoms with Crippen molar-refractivity contribution in [2.75, 3.05) is 5.75 Å². The van der Waals surface area contributed by atoms with E-state index in [4.69, 9.17) is 0 Å². The minimum Gasteiger partial charge on any atom is -0.151 e. The van der Waals surface area contributed by atoms with Gasteiger partial charge >= 0.3 is 0 Å². The average molecular weight is 204 g/mol. The highest BCUT2D eigenvalue weighted by Crippen LogP contribution is 2.41. The van der Waals surface area contributed by atoms with Gasteiger partial charge in [0.05, 0.1) is 0 Å². The van der Waals surface area contributed by atoms with E-state index >= 15 is 0 Å². The standard InChI is InChI=1S/C13H16S/c1-2-13(9-6-10-14-13)11-12-7-4-3-5-8-12/h2-5,7-8H,1,6,9-11H2. The molecule has 1 unspecified atom stereocenters. The molecule has 0 nitrogen and oxygen atoms in total. The van der Waals surface area contributed by atoms with Gasteiger partial charge in [0.15, 0.2) is 0 Å². The molecule has 2 rings (SSSR count). The van der Waals surface area contributed by atoms with Crippen LogP contribution in [0.15, 0.2) is 43.0 Å². The molecule has 0 amide bonds. The van der Waals surface area contributed by atoms with Crippen molar-refractivity contribution >= 4 is 11.8 Å². The summed E-state index contributed by atoms with van der Waals surface area (Å²) in [6, 6.07) is 10.7. The predicted octanol–water partition coefficient (Wildman–Crippen LogP) is 3.68. The molecule has 1 aliphatic heterocycles. The van der Waals surface area contributed by atoms with Crippen LogP contribution in [-0.2, 0) is 6.42 Å². The van der Waals surface area contributed by atoms with Crippen LogP contribution in [0.5, 0.6) is 0 Å². The molecule has 1 saturated heterocycles. The highest BCUT2D eigenvalue weighted by Gasteiger charge is 2.31. The van der Waals surface area contributed by atoms with Crippen molar-refractivity contribution in [3.63, 3.8) is 0 Å². The van der Waals surface area contributed by atoms with E-state index in [1.807, 2.05) is 0 Å². The molecule has 0 saturated carbocycles. The van der Waals surface area contributed by atoms with Gasteiger partial charge in [0.2, 0.25) is 0 Å². The van der Waals surface area contributed by atoms with Gasteiger partial charge in [-0.15, -0.1) is 6.58 Å². The van der Waals surface area contributed by atoms with Gasteiger partial charge in [-0.3, -0.25) is 0 Å². The lowest BCUT2D eigenvalue weighted by molar-refractivity contribution is 0.662. The first kappa shape index (κ1) is 9.85. The summed E-state index contributed by atoms with van der Waals surface area (Å²) in [5.74, 6) is 1.29. The molecule has 0 aromatic heterocycles. The Bertz CT molecular complexity index is 296. The Morgan fingerprint density at radius 1 is 1.36 bits per heavy atom. The van der Waals surface area contributed by atoms with Crippen molar-refractivity contribution in [3.05, 3.63) is 48.6 Å². The first-order chi connectivity index (χ1) is 6.85. The molecule has 0 bridgehead atoms. The lowest BCUT2D eigenvalue weighted by Crippen LogP contribution is -2.20. The van der Waals surface area contributed by atoms with Crippen molar-refractivity contribution in [2.24, 2.45) is 0 Å². The molecule has 1 fully saturated rings. The van der Waals surface area contributed by atoms with E-state index in [1.54, 1.807) is 0 Å². The van der Waals surface area contributed by atoms with Crippen LogP contribution in [0, 0.1) is 0 Å². The number of benzene rings is 1. The van der Waals surface area contributed by atoms with Crippen LogP contribution in [0.4, 0.5) is 0 Å². The molecule has 1 heteroatoms. The molecule has 1 aromatic rings. The summed E-state index contributed by atoms with van der Waals surface area (Å²) in [6.07, 6.45) is 5.92. The molecule has 0 aliphatic carbocycles. The Hall–Kier alpha value is -0.690. The third kappa shape index (κ3) is 2.03. The zero-order valence-electron chi connectivity index (χ0n) is 8.41. The molecular formula is C13H16S. The van der Waals surface area contributed by atoms with E-state index in [9.17, 15) is 0 Å². The van der Waals surface area contributed by atoms with Gasteiger partial charge < -0.3 is 0 Å². The first-order valence-electron chi connectivity index (χ1n) is 5.16. The van der Waals surface area contributed by atoms with Crippen molar-refractivity contribution in [1.82, 2.24) is 0 Å². The van der Waals surface area contributed by atoms with Gasteiger partial charge in [-0.05, 0) is 30.6 Å². The van der Waals surface area contributed by atoms with Gasteiger partial charge in [-0.2, -0.15) is 11.8 Å². The van der Waals surface area contributed by atoms with Crippen LogP contribution < -0.4 is 0 Å². The number of rotatable bonds is 3. The van der Waals surface area contributed by atoms with Crippen LogP contribution in [-0.4, -0.2) is 10.5 Å². The van der Waals surface area contributed by atoms with Crippen LogP contribution >= 0.6 is 11.8 Å². The monoisotopic (exact) mass is 204 g/mol. The smallest absolute Gasteiger partial charge is 0.0376 e. The summed E-state index contributed by atoms with van der Waals surface area (Å²) >= 11 is 2.07. The largest absolute Gasteiger partial charge is 0.151 e. The SMILES string of the molecule is C=CC1(Cc2ccccc2)CCCS1. The molecular weight excluding hydrogens is 188 g/mol. The van der Waals surface area contributed by atoms with Crippen molar-refractivity contribution in [2.45, 2.75) is 24.0 Å². The molecule has 0 radical (unpaired) electrons. The van der Waals surface area contributed by atoms with Crippen LogP contribution in [0.2, 0.25) is 0 Å². The third-order valence-corrected chi connectivity index (χ3v) is 4.43. The summed E-state index contributed by atoms with van der Waals surface area (Å²) in [5, 5.41) is 0. The Morgan fingerprint density at radius 3 is 2.71 bits per heavy atom. The van der Waals surface area contributed by atoms with E-state index in [1.165, 1.54) is 24.2 Å². The topological polar surface area (TPSA) is 0 Å². The number of thioether (sulfide) groups is 1. The number of hydrogen-bond donors (Lipinski definition) is 0.